The second-order valence-electron chi connectivity index (χ2n) is 4.32. The molecule has 18 heavy (non-hydrogen) atoms. The van der Waals surface area contributed by atoms with Crippen LogP contribution in [0, 0.1) is 0 Å². The van der Waals surface area contributed by atoms with E-state index in [0.29, 0.717) is 5.82 Å². The molecular weight excluding hydrogens is 224 g/mol. The summed E-state index contributed by atoms with van der Waals surface area (Å²) in [5.74, 6) is 0.459. The molecule has 1 aromatic heterocycles. The maximum Gasteiger partial charge on any atom is 0.151 e. The van der Waals surface area contributed by atoms with Crippen molar-refractivity contribution in [1.29, 1.82) is 0 Å². The van der Waals surface area contributed by atoms with E-state index in [4.69, 9.17) is 5.73 Å². The molecule has 0 bridgehead atoms. The lowest BCUT2D eigenvalue weighted by molar-refractivity contribution is 1.02. The summed E-state index contributed by atoms with van der Waals surface area (Å²) < 4.78 is 0. The molecule has 0 radical (unpaired) electrons. The Hall–Kier alpha value is -2.36. The molecule has 2 heterocycles. The topological polar surface area (TPSA) is 63.3 Å². The van der Waals surface area contributed by atoms with Gasteiger partial charge in [-0.3, -0.25) is 0 Å². The van der Waals surface area contributed by atoms with Crippen molar-refractivity contribution in [3.63, 3.8) is 0 Å². The number of aromatic nitrogens is 1. The summed E-state index contributed by atoms with van der Waals surface area (Å²) in [6.07, 6.45) is 1.69. The number of hydrogen-bond acceptors (Lipinski definition) is 4. The molecule has 0 amide bonds. The fourth-order valence-corrected chi connectivity index (χ4v) is 2.15. The quantitative estimate of drug-likeness (QED) is 0.802. The Morgan fingerprint density at radius 1 is 1.17 bits per heavy atom. The Balaban J connectivity index is 2.14. The van der Waals surface area contributed by atoms with Gasteiger partial charge in [0.2, 0.25) is 0 Å². The van der Waals surface area contributed by atoms with Gasteiger partial charge in [-0.15, -0.1) is 0 Å². The van der Waals surface area contributed by atoms with Crippen LogP contribution in [-0.2, 0) is 0 Å². The zero-order valence-corrected chi connectivity index (χ0v) is 10.1. The van der Waals surface area contributed by atoms with Gasteiger partial charge in [-0.2, -0.15) is 0 Å². The van der Waals surface area contributed by atoms with Gasteiger partial charge in [0.15, 0.2) is 5.82 Å². The fourth-order valence-electron chi connectivity index (χ4n) is 2.15. The Labute approximate surface area is 106 Å². The van der Waals surface area contributed by atoms with Gasteiger partial charge in [0.05, 0.1) is 17.4 Å². The maximum absolute atomic E-state index is 5.87. The van der Waals surface area contributed by atoms with E-state index in [2.05, 4.69) is 34.3 Å². The van der Waals surface area contributed by atoms with Crippen LogP contribution in [0.3, 0.4) is 0 Å². The van der Waals surface area contributed by atoms with Crippen LogP contribution in [0.5, 0.6) is 0 Å². The third-order valence-electron chi connectivity index (χ3n) is 3.04. The van der Waals surface area contributed by atoms with Gasteiger partial charge in [-0.25, -0.2) is 9.98 Å². The third-order valence-corrected chi connectivity index (χ3v) is 3.04. The van der Waals surface area contributed by atoms with Gasteiger partial charge in [-0.1, -0.05) is 30.3 Å². The van der Waals surface area contributed by atoms with Crippen LogP contribution in [0.25, 0.3) is 0 Å². The van der Waals surface area contributed by atoms with Crippen molar-refractivity contribution < 1.29 is 0 Å². The van der Waals surface area contributed by atoms with Crippen LogP contribution in [-0.4, -0.2) is 16.7 Å². The number of anilines is 2. The van der Waals surface area contributed by atoms with E-state index in [0.717, 1.165) is 22.6 Å². The second-order valence-corrected chi connectivity index (χ2v) is 4.32. The molecule has 4 heteroatoms. The van der Waals surface area contributed by atoms with Crippen LogP contribution < -0.4 is 11.1 Å². The van der Waals surface area contributed by atoms with E-state index in [1.165, 1.54) is 0 Å². The first-order valence-corrected chi connectivity index (χ1v) is 5.91. The van der Waals surface area contributed by atoms with Crippen LogP contribution in [0.1, 0.15) is 12.5 Å². The number of nitrogens with two attached hydrogens (primary N) is 1. The van der Waals surface area contributed by atoms with E-state index >= 15 is 0 Å². The summed E-state index contributed by atoms with van der Waals surface area (Å²) in [6.45, 7) is 2.09. The molecule has 90 valence electrons. The lowest BCUT2D eigenvalue weighted by atomic mass is 10.0. The van der Waals surface area contributed by atoms with E-state index < -0.39 is 0 Å². The molecule has 4 nitrogen and oxygen atoms in total. The minimum absolute atomic E-state index is 0.154. The Bertz CT molecular complexity index is 604. The van der Waals surface area contributed by atoms with Crippen molar-refractivity contribution >= 4 is 22.9 Å². The predicted molar refractivity (Wildman–Crippen MR) is 74.4 cm³/mol. The number of rotatable bonds is 1. The van der Waals surface area contributed by atoms with Crippen LogP contribution in [0.2, 0.25) is 0 Å². The molecule has 2 aromatic rings. The number of pyridine rings is 1. The highest BCUT2D eigenvalue weighted by molar-refractivity contribution is 6.10. The van der Waals surface area contributed by atoms with Crippen molar-refractivity contribution in [3.05, 3.63) is 48.2 Å². The van der Waals surface area contributed by atoms with Crippen LogP contribution >= 0.6 is 0 Å². The van der Waals surface area contributed by atoms with Gasteiger partial charge < -0.3 is 11.1 Å². The van der Waals surface area contributed by atoms with E-state index in [1.54, 1.807) is 6.20 Å². The monoisotopic (exact) mass is 238 g/mol. The number of hydrogen-bond donors (Lipinski definition) is 2. The minimum Gasteiger partial charge on any atom is -0.382 e. The van der Waals surface area contributed by atoms with E-state index in [9.17, 15) is 0 Å². The molecule has 3 rings (SSSR count). The van der Waals surface area contributed by atoms with Gasteiger partial charge in [0, 0.05) is 6.20 Å². The molecule has 3 N–H and O–H groups in total. The Morgan fingerprint density at radius 3 is 2.72 bits per heavy atom. The highest BCUT2D eigenvalue weighted by Gasteiger charge is 2.21. The smallest absolute Gasteiger partial charge is 0.151 e. The van der Waals surface area contributed by atoms with Gasteiger partial charge >= 0.3 is 0 Å². The maximum atomic E-state index is 5.87. The van der Waals surface area contributed by atoms with E-state index in [1.807, 2.05) is 24.3 Å². The molecule has 1 atom stereocenters. The van der Waals surface area contributed by atoms with Crippen molar-refractivity contribution in [2.45, 2.75) is 13.0 Å². The van der Waals surface area contributed by atoms with Crippen molar-refractivity contribution in [1.82, 2.24) is 4.98 Å². The van der Waals surface area contributed by atoms with Crippen molar-refractivity contribution in [3.8, 4) is 0 Å². The van der Waals surface area contributed by atoms with Gasteiger partial charge in [0.1, 0.15) is 5.69 Å². The first kappa shape index (κ1) is 10.8. The number of nitrogens with zero attached hydrogens (tertiary/aromatic N) is 2. The molecule has 0 saturated carbocycles. The number of benzene rings is 1. The van der Waals surface area contributed by atoms with Crippen molar-refractivity contribution in [2.75, 3.05) is 11.1 Å². The van der Waals surface area contributed by atoms with Crippen LogP contribution in [0.4, 0.5) is 17.2 Å². The summed E-state index contributed by atoms with van der Waals surface area (Å²) in [7, 11) is 0. The first-order valence-electron chi connectivity index (χ1n) is 5.91. The molecule has 0 saturated heterocycles. The molecule has 0 unspecified atom stereocenters. The first-order chi connectivity index (χ1) is 8.75. The summed E-state index contributed by atoms with van der Waals surface area (Å²) in [5, 5.41) is 3.40. The van der Waals surface area contributed by atoms with Crippen LogP contribution in [0.15, 0.2) is 47.6 Å². The molecule has 1 aliphatic rings. The van der Waals surface area contributed by atoms with E-state index in [-0.39, 0.29) is 6.04 Å². The number of nitrogens with one attached hydrogen (secondary N) is 1. The minimum atomic E-state index is 0.154. The normalized spacial score (nSPS) is 17.6. The summed E-state index contributed by atoms with van der Waals surface area (Å²) in [5.41, 5.74) is 9.63. The average molecular weight is 238 g/mol. The standard InChI is InChI=1S/C14H14N4/c1-9-12(10-5-3-2-4-6-10)18-13-11(17-9)7-8-16-14(13)15/h2-9,17H,1H3,(H2,15,16)/t9-/m0/s1. The zero-order chi connectivity index (χ0) is 12.5. The number of fused-ring (bicyclic) bond motifs is 1. The molecule has 1 aromatic carbocycles. The Kier molecular flexibility index (Phi) is 2.48. The van der Waals surface area contributed by atoms with Crippen molar-refractivity contribution in [2.24, 2.45) is 4.99 Å². The molecular formula is C14H14N4. The number of nitrogen functional groups attached to an aromatic ring is 1. The van der Waals surface area contributed by atoms with Gasteiger partial charge in [0.25, 0.3) is 0 Å². The molecule has 0 spiro atoms. The highest BCUT2D eigenvalue weighted by atomic mass is 15.0. The average Bonchev–Trinajstić information content (AvgIpc) is 2.39. The Morgan fingerprint density at radius 2 is 1.94 bits per heavy atom. The van der Waals surface area contributed by atoms with Gasteiger partial charge in [-0.05, 0) is 18.6 Å². The summed E-state index contributed by atoms with van der Waals surface area (Å²) >= 11 is 0. The molecule has 1 aliphatic heterocycles. The highest BCUT2D eigenvalue weighted by Crippen LogP contribution is 2.34. The zero-order valence-electron chi connectivity index (χ0n) is 10.1. The fraction of sp³-hybridized carbons (Fsp3) is 0.143. The third kappa shape index (κ3) is 1.72. The lowest BCUT2D eigenvalue weighted by Gasteiger charge is -2.24. The molecule has 0 aliphatic carbocycles. The summed E-state index contributed by atoms with van der Waals surface area (Å²) in [4.78, 5) is 8.74. The largest absolute Gasteiger partial charge is 0.382 e. The lowest BCUT2D eigenvalue weighted by Crippen LogP contribution is -2.29. The predicted octanol–water partition coefficient (Wildman–Crippen LogP) is 2.60. The second kappa shape index (κ2) is 4.14. The number of aliphatic imine (C=N–C) groups is 1. The molecule has 0 fully saturated rings. The summed E-state index contributed by atoms with van der Waals surface area (Å²) in [6, 6.07) is 12.2. The SMILES string of the molecule is C[C@@H]1Nc2ccnc(N)c2N=C1c1ccccc1.